The molecule has 0 spiro atoms. The topological polar surface area (TPSA) is 68.0 Å². The minimum Gasteiger partial charge on any atom is -0.407 e. The van der Waals surface area contributed by atoms with Crippen molar-refractivity contribution in [1.29, 1.82) is 0 Å². The zero-order valence-electron chi connectivity index (χ0n) is 14.1. The highest BCUT2D eigenvalue weighted by atomic mass is 32.2. The van der Waals surface area contributed by atoms with Gasteiger partial charge in [0.2, 0.25) is 5.89 Å². The molecule has 5 nitrogen and oxygen atoms in total. The predicted octanol–water partition coefficient (Wildman–Crippen LogP) is 4.65. The molecule has 1 amide bonds. The van der Waals surface area contributed by atoms with Crippen LogP contribution in [0, 0.1) is 0 Å². The van der Waals surface area contributed by atoms with Crippen molar-refractivity contribution < 1.29 is 22.4 Å². The highest BCUT2D eigenvalue weighted by Gasteiger charge is 2.31. The molecule has 3 rings (SSSR count). The molecule has 0 bridgehead atoms. The van der Waals surface area contributed by atoms with Gasteiger partial charge in [-0.05, 0) is 42.2 Å². The first kappa shape index (κ1) is 19.0. The predicted molar refractivity (Wildman–Crippen MR) is 94.7 cm³/mol. The quantitative estimate of drug-likeness (QED) is 0.639. The first-order valence-corrected chi connectivity index (χ1v) is 9.01. The van der Waals surface area contributed by atoms with E-state index in [0.717, 1.165) is 28.7 Å². The Hall–Kier alpha value is -2.81. The average molecular weight is 393 g/mol. The highest BCUT2D eigenvalue weighted by molar-refractivity contribution is 7.98. The number of thioether (sulfide) groups is 1. The lowest BCUT2D eigenvalue weighted by atomic mass is 10.1. The van der Waals surface area contributed by atoms with E-state index >= 15 is 0 Å². The van der Waals surface area contributed by atoms with Crippen LogP contribution in [0.25, 0.3) is 0 Å². The third-order valence-electron chi connectivity index (χ3n) is 3.65. The normalized spacial score (nSPS) is 11.4. The van der Waals surface area contributed by atoms with Gasteiger partial charge in [-0.25, -0.2) is 0 Å². The van der Waals surface area contributed by atoms with Gasteiger partial charge >= 0.3 is 12.2 Å². The second-order valence-electron chi connectivity index (χ2n) is 5.56. The third-order valence-corrected chi connectivity index (χ3v) is 4.40. The van der Waals surface area contributed by atoms with Crippen LogP contribution in [-0.2, 0) is 12.6 Å². The number of amides is 1. The average Bonchev–Trinajstić information content (AvgIpc) is 3.08. The zero-order valence-corrected chi connectivity index (χ0v) is 14.9. The van der Waals surface area contributed by atoms with Crippen molar-refractivity contribution >= 4 is 23.7 Å². The SMILES string of the molecule is CSc1ccc(Cc2nnc(NC(=O)c3cccc(C(F)(F)F)c3)o2)cc1. The standard InChI is InChI=1S/C18H14F3N3O2S/c1-27-14-7-5-11(6-8-14)9-15-23-24-17(26-15)22-16(25)12-3-2-4-13(10-12)18(19,20)21/h2-8,10H,9H2,1H3,(H,22,24,25). The maximum atomic E-state index is 12.7. The Bertz CT molecular complexity index is 940. The van der Waals surface area contributed by atoms with Crippen molar-refractivity contribution in [2.75, 3.05) is 11.6 Å². The molecule has 2 aromatic carbocycles. The van der Waals surface area contributed by atoms with E-state index in [0.29, 0.717) is 6.42 Å². The summed E-state index contributed by atoms with van der Waals surface area (Å²) in [5, 5.41) is 9.86. The molecule has 0 aliphatic rings. The molecule has 0 saturated carbocycles. The summed E-state index contributed by atoms with van der Waals surface area (Å²) in [4.78, 5) is 13.2. The number of benzene rings is 2. The van der Waals surface area contributed by atoms with Crippen LogP contribution in [0.2, 0.25) is 0 Å². The van der Waals surface area contributed by atoms with E-state index in [1.54, 1.807) is 11.8 Å². The van der Waals surface area contributed by atoms with E-state index in [2.05, 4.69) is 15.5 Å². The monoisotopic (exact) mass is 393 g/mol. The number of carbonyl (C=O) groups is 1. The molecule has 140 valence electrons. The summed E-state index contributed by atoms with van der Waals surface area (Å²) in [6.45, 7) is 0. The Morgan fingerprint density at radius 2 is 1.89 bits per heavy atom. The van der Waals surface area contributed by atoms with Gasteiger partial charge in [-0.1, -0.05) is 23.3 Å². The maximum absolute atomic E-state index is 12.7. The second kappa shape index (κ2) is 7.83. The first-order valence-electron chi connectivity index (χ1n) is 7.79. The fourth-order valence-electron chi connectivity index (χ4n) is 2.30. The Balaban J connectivity index is 1.67. The number of carbonyl (C=O) groups excluding carboxylic acids is 1. The van der Waals surface area contributed by atoms with Gasteiger partial charge < -0.3 is 4.42 Å². The number of nitrogens with one attached hydrogen (secondary N) is 1. The number of aromatic nitrogens is 2. The lowest BCUT2D eigenvalue weighted by Crippen LogP contribution is -2.14. The van der Waals surface area contributed by atoms with Crippen molar-refractivity contribution in [2.24, 2.45) is 0 Å². The van der Waals surface area contributed by atoms with Crippen molar-refractivity contribution in [3.63, 3.8) is 0 Å². The van der Waals surface area contributed by atoms with Gasteiger partial charge in [-0.3, -0.25) is 10.1 Å². The highest BCUT2D eigenvalue weighted by Crippen LogP contribution is 2.29. The molecular weight excluding hydrogens is 379 g/mol. The molecule has 0 saturated heterocycles. The zero-order chi connectivity index (χ0) is 19.4. The molecule has 0 aliphatic heterocycles. The summed E-state index contributed by atoms with van der Waals surface area (Å²) < 4.78 is 43.6. The van der Waals surface area contributed by atoms with E-state index < -0.39 is 17.6 Å². The molecule has 0 aliphatic carbocycles. The summed E-state index contributed by atoms with van der Waals surface area (Å²) in [6, 6.07) is 11.7. The van der Waals surface area contributed by atoms with Gasteiger partial charge in [0.05, 0.1) is 12.0 Å². The number of hydrogen-bond acceptors (Lipinski definition) is 5. The van der Waals surface area contributed by atoms with Crippen LogP contribution in [0.1, 0.15) is 27.4 Å². The molecule has 0 unspecified atom stereocenters. The smallest absolute Gasteiger partial charge is 0.407 e. The van der Waals surface area contributed by atoms with Crippen molar-refractivity contribution in [3.05, 3.63) is 71.1 Å². The van der Waals surface area contributed by atoms with Crippen LogP contribution in [0.15, 0.2) is 57.8 Å². The van der Waals surface area contributed by atoms with Crippen LogP contribution in [-0.4, -0.2) is 22.4 Å². The van der Waals surface area contributed by atoms with E-state index in [1.165, 1.54) is 6.07 Å². The molecule has 0 radical (unpaired) electrons. The Morgan fingerprint density at radius 3 is 2.56 bits per heavy atom. The molecule has 0 atom stereocenters. The lowest BCUT2D eigenvalue weighted by Gasteiger charge is -2.07. The summed E-state index contributed by atoms with van der Waals surface area (Å²) in [7, 11) is 0. The fourth-order valence-corrected chi connectivity index (χ4v) is 2.71. The first-order chi connectivity index (χ1) is 12.8. The van der Waals surface area contributed by atoms with Gasteiger partial charge in [-0.2, -0.15) is 13.2 Å². The molecule has 1 heterocycles. The van der Waals surface area contributed by atoms with Crippen molar-refractivity contribution in [1.82, 2.24) is 10.2 Å². The van der Waals surface area contributed by atoms with Crippen LogP contribution < -0.4 is 5.32 Å². The summed E-state index contributed by atoms with van der Waals surface area (Å²) in [6.07, 6.45) is -2.17. The Kier molecular flexibility index (Phi) is 5.50. The van der Waals surface area contributed by atoms with Crippen LogP contribution in [0.4, 0.5) is 19.2 Å². The molecule has 9 heteroatoms. The van der Waals surface area contributed by atoms with Gasteiger partial charge in [0.1, 0.15) is 0 Å². The Labute approximate surface area is 157 Å². The van der Waals surface area contributed by atoms with Crippen LogP contribution in [0.5, 0.6) is 0 Å². The second-order valence-corrected chi connectivity index (χ2v) is 6.44. The number of rotatable bonds is 5. The minimum absolute atomic E-state index is 0.155. The van der Waals surface area contributed by atoms with Gasteiger partial charge in [0.25, 0.3) is 5.91 Å². The van der Waals surface area contributed by atoms with Gasteiger partial charge in [0.15, 0.2) is 0 Å². The van der Waals surface area contributed by atoms with E-state index in [4.69, 9.17) is 4.42 Å². The molecule has 3 aromatic rings. The number of nitrogens with zero attached hydrogens (tertiary/aromatic N) is 2. The summed E-state index contributed by atoms with van der Waals surface area (Å²) >= 11 is 1.63. The number of hydrogen-bond donors (Lipinski definition) is 1. The van der Waals surface area contributed by atoms with E-state index in [1.807, 2.05) is 30.5 Å². The maximum Gasteiger partial charge on any atom is 0.416 e. The minimum atomic E-state index is -4.53. The van der Waals surface area contributed by atoms with Gasteiger partial charge in [-0.15, -0.1) is 16.9 Å². The number of anilines is 1. The fraction of sp³-hybridized carbons (Fsp3) is 0.167. The Morgan fingerprint density at radius 1 is 1.15 bits per heavy atom. The van der Waals surface area contributed by atoms with Crippen LogP contribution >= 0.6 is 11.8 Å². The molecule has 1 aromatic heterocycles. The number of halogens is 3. The molecule has 27 heavy (non-hydrogen) atoms. The molecular formula is C18H14F3N3O2S. The number of alkyl halides is 3. The lowest BCUT2D eigenvalue weighted by molar-refractivity contribution is -0.137. The largest absolute Gasteiger partial charge is 0.416 e. The van der Waals surface area contributed by atoms with E-state index in [9.17, 15) is 18.0 Å². The summed E-state index contributed by atoms with van der Waals surface area (Å²) in [5.41, 5.74) is -0.112. The van der Waals surface area contributed by atoms with Crippen molar-refractivity contribution in [2.45, 2.75) is 17.5 Å². The summed E-state index contributed by atoms with van der Waals surface area (Å²) in [5.74, 6) is -0.480. The molecule has 1 N–H and O–H groups in total. The molecule has 0 fully saturated rings. The third kappa shape index (κ3) is 4.88. The van der Waals surface area contributed by atoms with Crippen molar-refractivity contribution in [3.8, 4) is 0 Å². The van der Waals surface area contributed by atoms with Gasteiger partial charge in [0, 0.05) is 10.5 Å². The van der Waals surface area contributed by atoms with Crippen LogP contribution in [0.3, 0.4) is 0 Å². The van der Waals surface area contributed by atoms with E-state index in [-0.39, 0.29) is 17.5 Å².